The van der Waals surface area contributed by atoms with Crippen molar-refractivity contribution in [2.45, 2.75) is 44.2 Å². The zero-order chi connectivity index (χ0) is 24.9. The van der Waals surface area contributed by atoms with Crippen LogP contribution in [0.25, 0.3) is 0 Å². The number of likely N-dealkylation sites (tertiary alicyclic amines) is 1. The van der Waals surface area contributed by atoms with Crippen molar-refractivity contribution in [3.05, 3.63) is 59.7 Å². The molecule has 1 saturated heterocycles. The summed E-state index contributed by atoms with van der Waals surface area (Å²) in [5.41, 5.74) is 1.13. The minimum absolute atomic E-state index is 0.0152. The highest BCUT2D eigenvalue weighted by atomic mass is 32.2. The molecule has 0 spiro atoms. The highest BCUT2D eigenvalue weighted by Crippen LogP contribution is 2.29. The van der Waals surface area contributed by atoms with Crippen LogP contribution in [0.4, 0.5) is 0 Å². The summed E-state index contributed by atoms with van der Waals surface area (Å²) in [5, 5.41) is 2.93. The molecule has 2 aromatic carbocycles. The minimum atomic E-state index is -3.91. The summed E-state index contributed by atoms with van der Waals surface area (Å²) in [6.45, 7) is 4.91. The Kier molecular flexibility index (Phi) is 8.33. The monoisotopic (exact) mass is 487 g/mol. The topological polar surface area (TPSA) is 96.0 Å². The van der Waals surface area contributed by atoms with E-state index >= 15 is 0 Å². The Morgan fingerprint density at radius 1 is 1.12 bits per heavy atom. The van der Waals surface area contributed by atoms with Crippen molar-refractivity contribution in [2.24, 2.45) is 5.92 Å². The van der Waals surface area contributed by atoms with Crippen LogP contribution in [0.1, 0.15) is 42.6 Å². The summed E-state index contributed by atoms with van der Waals surface area (Å²) < 4.78 is 33.3. The number of methoxy groups -OCH3 is 1. The second-order valence-corrected chi connectivity index (χ2v) is 10.9. The number of carbonyl (C=O) groups excluding carboxylic acids is 2. The number of benzene rings is 2. The van der Waals surface area contributed by atoms with Crippen LogP contribution >= 0.6 is 0 Å². The summed E-state index contributed by atoms with van der Waals surface area (Å²) in [4.78, 5) is 27.1. The predicted octanol–water partition coefficient (Wildman–Crippen LogP) is 2.89. The van der Waals surface area contributed by atoms with Gasteiger partial charge in [0.2, 0.25) is 15.9 Å². The molecule has 184 valence electrons. The first-order valence-electron chi connectivity index (χ1n) is 11.4. The molecule has 1 aliphatic heterocycles. The van der Waals surface area contributed by atoms with E-state index < -0.39 is 10.0 Å². The molecule has 2 amide bonds. The van der Waals surface area contributed by atoms with Crippen LogP contribution in [-0.2, 0) is 21.4 Å². The summed E-state index contributed by atoms with van der Waals surface area (Å²) in [7, 11) is -1.01. The number of hydrogen-bond acceptors (Lipinski definition) is 5. The number of nitrogens with one attached hydrogen (secondary N) is 1. The van der Waals surface area contributed by atoms with Crippen LogP contribution < -0.4 is 10.1 Å². The van der Waals surface area contributed by atoms with Gasteiger partial charge >= 0.3 is 0 Å². The molecule has 0 unspecified atom stereocenters. The molecule has 0 aliphatic carbocycles. The number of ether oxygens (including phenoxy) is 1. The third-order valence-electron chi connectivity index (χ3n) is 5.93. The van der Waals surface area contributed by atoms with Crippen molar-refractivity contribution in [3.63, 3.8) is 0 Å². The number of rotatable bonds is 8. The molecule has 2 aromatic rings. The summed E-state index contributed by atoms with van der Waals surface area (Å²) in [5.74, 6) is -0.181. The highest BCUT2D eigenvalue weighted by Gasteiger charge is 2.30. The largest absolute Gasteiger partial charge is 0.495 e. The van der Waals surface area contributed by atoms with Crippen molar-refractivity contribution in [1.82, 2.24) is 14.5 Å². The molecule has 0 saturated carbocycles. The first-order valence-corrected chi connectivity index (χ1v) is 12.9. The fraction of sp³-hybridized carbons (Fsp3) is 0.440. The van der Waals surface area contributed by atoms with E-state index in [1.807, 2.05) is 44.2 Å². The number of hydrogen-bond donors (Lipinski definition) is 1. The Hall–Kier alpha value is -2.91. The minimum Gasteiger partial charge on any atom is -0.495 e. The third kappa shape index (κ3) is 5.95. The molecule has 9 heteroatoms. The van der Waals surface area contributed by atoms with Crippen molar-refractivity contribution < 1.29 is 22.7 Å². The lowest BCUT2D eigenvalue weighted by molar-refractivity contribution is -0.126. The SMILES string of the molecule is COc1ccc(C(=O)N2CCC(C(=O)NC(C)C)CC2)cc1S(=O)(=O)N(C)Cc1ccccc1. The third-order valence-corrected chi connectivity index (χ3v) is 7.76. The molecule has 8 nitrogen and oxygen atoms in total. The zero-order valence-electron chi connectivity index (χ0n) is 20.2. The normalized spacial score (nSPS) is 14.9. The summed E-state index contributed by atoms with van der Waals surface area (Å²) in [6.07, 6.45) is 1.15. The van der Waals surface area contributed by atoms with Gasteiger partial charge in [-0.2, -0.15) is 4.31 Å². The molecule has 1 N–H and O–H groups in total. The van der Waals surface area contributed by atoms with Crippen LogP contribution in [0, 0.1) is 5.92 Å². The summed E-state index contributed by atoms with van der Waals surface area (Å²) >= 11 is 0. The molecule has 1 heterocycles. The van der Waals surface area contributed by atoms with Crippen LogP contribution in [0.5, 0.6) is 5.75 Å². The Morgan fingerprint density at radius 3 is 2.35 bits per heavy atom. The van der Waals surface area contributed by atoms with Crippen molar-refractivity contribution >= 4 is 21.8 Å². The molecular formula is C25H33N3O5S. The van der Waals surface area contributed by atoms with E-state index in [1.165, 1.54) is 30.6 Å². The number of carbonyl (C=O) groups is 2. The average molecular weight is 488 g/mol. The Bertz CT molecular complexity index is 1110. The molecule has 0 atom stereocenters. The molecule has 0 radical (unpaired) electrons. The molecule has 1 fully saturated rings. The fourth-order valence-corrected chi connectivity index (χ4v) is 5.37. The van der Waals surface area contributed by atoms with Gasteiger partial charge in [0.15, 0.2) is 0 Å². The van der Waals surface area contributed by atoms with E-state index in [0.717, 1.165) is 5.56 Å². The second-order valence-electron chi connectivity index (χ2n) is 8.84. The molecule has 34 heavy (non-hydrogen) atoms. The van der Waals surface area contributed by atoms with E-state index in [2.05, 4.69) is 5.32 Å². The zero-order valence-corrected chi connectivity index (χ0v) is 21.0. The maximum Gasteiger partial charge on any atom is 0.253 e. The first kappa shape index (κ1) is 25.7. The van der Waals surface area contributed by atoms with Gasteiger partial charge < -0.3 is 15.0 Å². The van der Waals surface area contributed by atoms with Crippen molar-refractivity contribution in [3.8, 4) is 5.75 Å². The molecule has 1 aliphatic rings. The van der Waals surface area contributed by atoms with Gasteiger partial charge in [0.1, 0.15) is 10.6 Å². The van der Waals surface area contributed by atoms with E-state index in [1.54, 1.807) is 11.0 Å². The van der Waals surface area contributed by atoms with Gasteiger partial charge in [0.25, 0.3) is 5.91 Å². The lowest BCUT2D eigenvalue weighted by Crippen LogP contribution is -2.44. The smallest absolute Gasteiger partial charge is 0.253 e. The van der Waals surface area contributed by atoms with Crippen LogP contribution in [0.2, 0.25) is 0 Å². The number of sulfonamides is 1. The highest BCUT2D eigenvalue weighted by molar-refractivity contribution is 7.89. The predicted molar refractivity (Wildman–Crippen MR) is 130 cm³/mol. The van der Waals surface area contributed by atoms with Gasteiger partial charge in [0.05, 0.1) is 7.11 Å². The van der Waals surface area contributed by atoms with Gasteiger partial charge in [-0.05, 0) is 50.5 Å². The van der Waals surface area contributed by atoms with E-state index in [4.69, 9.17) is 4.74 Å². The lowest BCUT2D eigenvalue weighted by Gasteiger charge is -2.32. The maximum atomic E-state index is 13.3. The quantitative estimate of drug-likeness (QED) is 0.618. The number of nitrogens with zero attached hydrogens (tertiary/aromatic N) is 2. The van der Waals surface area contributed by atoms with Gasteiger partial charge in [-0.25, -0.2) is 8.42 Å². The van der Waals surface area contributed by atoms with Crippen LogP contribution in [0.15, 0.2) is 53.4 Å². The molecule has 0 bridgehead atoms. The van der Waals surface area contributed by atoms with Crippen molar-refractivity contribution in [2.75, 3.05) is 27.2 Å². The van der Waals surface area contributed by atoms with E-state index in [0.29, 0.717) is 25.9 Å². The molecule has 0 aromatic heterocycles. The molecule has 3 rings (SSSR count). The summed E-state index contributed by atoms with van der Waals surface area (Å²) in [6, 6.07) is 13.8. The molecular weight excluding hydrogens is 454 g/mol. The van der Waals surface area contributed by atoms with Crippen molar-refractivity contribution in [1.29, 1.82) is 0 Å². The Labute approximate surface area is 201 Å². The van der Waals surface area contributed by atoms with E-state index in [9.17, 15) is 18.0 Å². The van der Waals surface area contributed by atoms with Gasteiger partial charge in [-0.1, -0.05) is 30.3 Å². The number of piperidine rings is 1. The Morgan fingerprint density at radius 2 is 1.76 bits per heavy atom. The lowest BCUT2D eigenvalue weighted by atomic mass is 9.95. The van der Waals surface area contributed by atoms with Gasteiger partial charge in [0, 0.05) is 44.2 Å². The fourth-order valence-electron chi connectivity index (χ4n) is 4.03. The van der Waals surface area contributed by atoms with Crippen LogP contribution in [-0.4, -0.2) is 62.7 Å². The number of amides is 2. The van der Waals surface area contributed by atoms with E-state index in [-0.39, 0.29) is 46.5 Å². The Balaban J connectivity index is 1.77. The first-order chi connectivity index (χ1) is 16.1. The van der Waals surface area contributed by atoms with Gasteiger partial charge in [-0.3, -0.25) is 9.59 Å². The van der Waals surface area contributed by atoms with Gasteiger partial charge in [-0.15, -0.1) is 0 Å². The average Bonchev–Trinajstić information content (AvgIpc) is 2.83. The maximum absolute atomic E-state index is 13.3. The second kappa shape index (κ2) is 11.0. The van der Waals surface area contributed by atoms with Crippen LogP contribution in [0.3, 0.4) is 0 Å². The standard InChI is InChI=1S/C25H33N3O5S/c1-18(2)26-24(29)20-12-14-28(15-13-20)25(30)21-10-11-22(33-4)23(16-21)34(31,32)27(3)17-19-8-6-5-7-9-19/h5-11,16,18,20H,12-15,17H2,1-4H3,(H,26,29).